The standard InChI is InChI=1S/C16H18N2O3/c1-11(9-12-5-4-8-20-12)17-16(19)18-14-10-21-15-7-3-2-6-13(14)15/h2-8,11,14H,9-10H2,1H3,(H2,17,18,19)/t11-,14+/m1/s1. The summed E-state index contributed by atoms with van der Waals surface area (Å²) in [5.41, 5.74) is 1.02. The predicted molar refractivity (Wildman–Crippen MR) is 78.2 cm³/mol. The average molecular weight is 286 g/mol. The third-order valence-corrected chi connectivity index (χ3v) is 3.47. The highest BCUT2D eigenvalue weighted by atomic mass is 16.5. The van der Waals surface area contributed by atoms with Crippen LogP contribution in [0.1, 0.15) is 24.3 Å². The Morgan fingerprint density at radius 1 is 1.33 bits per heavy atom. The van der Waals surface area contributed by atoms with Crippen LogP contribution in [0.2, 0.25) is 0 Å². The summed E-state index contributed by atoms with van der Waals surface area (Å²) in [5.74, 6) is 1.70. The van der Waals surface area contributed by atoms with Crippen LogP contribution in [0.5, 0.6) is 5.75 Å². The molecule has 0 radical (unpaired) electrons. The molecule has 0 unspecified atom stereocenters. The molecule has 1 aliphatic heterocycles. The Labute approximate surface area is 123 Å². The zero-order valence-electron chi connectivity index (χ0n) is 11.8. The van der Waals surface area contributed by atoms with Crippen LogP contribution in [-0.4, -0.2) is 18.7 Å². The first-order valence-corrected chi connectivity index (χ1v) is 7.03. The molecule has 5 heteroatoms. The number of amides is 2. The molecule has 2 N–H and O–H groups in total. The van der Waals surface area contributed by atoms with Crippen molar-refractivity contribution in [2.24, 2.45) is 0 Å². The van der Waals surface area contributed by atoms with E-state index in [0.717, 1.165) is 17.1 Å². The van der Waals surface area contributed by atoms with E-state index in [1.807, 2.05) is 43.3 Å². The van der Waals surface area contributed by atoms with Crippen LogP contribution >= 0.6 is 0 Å². The number of urea groups is 1. The van der Waals surface area contributed by atoms with Crippen LogP contribution in [0.25, 0.3) is 0 Å². The van der Waals surface area contributed by atoms with Gasteiger partial charge in [0.25, 0.3) is 0 Å². The van der Waals surface area contributed by atoms with Crippen molar-refractivity contribution in [2.75, 3.05) is 6.61 Å². The van der Waals surface area contributed by atoms with E-state index >= 15 is 0 Å². The van der Waals surface area contributed by atoms with Crippen LogP contribution in [-0.2, 0) is 6.42 Å². The zero-order valence-corrected chi connectivity index (χ0v) is 11.8. The molecule has 2 heterocycles. The second-order valence-electron chi connectivity index (χ2n) is 5.20. The highest BCUT2D eigenvalue weighted by Crippen LogP contribution is 2.31. The largest absolute Gasteiger partial charge is 0.491 e. The fraction of sp³-hybridized carbons (Fsp3) is 0.312. The Bertz CT molecular complexity index is 610. The van der Waals surface area contributed by atoms with Crippen LogP contribution in [0.3, 0.4) is 0 Å². The summed E-state index contributed by atoms with van der Waals surface area (Å²) in [6.45, 7) is 2.42. The molecule has 0 fully saturated rings. The molecule has 2 aromatic rings. The summed E-state index contributed by atoms with van der Waals surface area (Å²) in [4.78, 5) is 12.0. The van der Waals surface area contributed by atoms with Gasteiger partial charge in [-0.25, -0.2) is 4.79 Å². The maximum absolute atomic E-state index is 12.0. The first-order valence-electron chi connectivity index (χ1n) is 7.03. The van der Waals surface area contributed by atoms with Crippen molar-refractivity contribution in [1.82, 2.24) is 10.6 Å². The summed E-state index contributed by atoms with van der Waals surface area (Å²) in [6, 6.07) is 11.2. The summed E-state index contributed by atoms with van der Waals surface area (Å²) in [6.07, 6.45) is 2.30. The number of nitrogens with one attached hydrogen (secondary N) is 2. The van der Waals surface area contributed by atoms with Gasteiger partial charge in [-0.05, 0) is 25.1 Å². The minimum absolute atomic E-state index is 0.00582. The van der Waals surface area contributed by atoms with Crippen LogP contribution in [0.4, 0.5) is 4.79 Å². The Morgan fingerprint density at radius 3 is 3.00 bits per heavy atom. The second kappa shape index (κ2) is 5.91. The van der Waals surface area contributed by atoms with Crippen molar-refractivity contribution >= 4 is 6.03 Å². The van der Waals surface area contributed by atoms with Crippen LogP contribution in [0, 0.1) is 0 Å². The number of hydrogen-bond acceptors (Lipinski definition) is 3. The molecular weight excluding hydrogens is 268 g/mol. The van der Waals surface area contributed by atoms with Crippen molar-refractivity contribution in [2.45, 2.75) is 25.4 Å². The van der Waals surface area contributed by atoms with Crippen molar-refractivity contribution in [3.63, 3.8) is 0 Å². The minimum atomic E-state index is -0.195. The molecule has 1 aromatic heterocycles. The lowest BCUT2D eigenvalue weighted by atomic mass is 10.1. The average Bonchev–Trinajstić information content (AvgIpc) is 3.09. The van der Waals surface area contributed by atoms with Gasteiger partial charge < -0.3 is 19.8 Å². The molecule has 2 atom stereocenters. The third-order valence-electron chi connectivity index (χ3n) is 3.47. The SMILES string of the molecule is C[C@H](Cc1ccco1)NC(=O)N[C@H]1COc2ccccc21. The summed E-state index contributed by atoms with van der Waals surface area (Å²) < 4.78 is 10.8. The Morgan fingerprint density at radius 2 is 2.19 bits per heavy atom. The molecule has 1 aromatic carbocycles. The van der Waals surface area contributed by atoms with E-state index in [-0.39, 0.29) is 18.1 Å². The lowest BCUT2D eigenvalue weighted by Crippen LogP contribution is -2.43. The molecule has 110 valence electrons. The van der Waals surface area contributed by atoms with E-state index in [0.29, 0.717) is 13.0 Å². The fourth-order valence-corrected chi connectivity index (χ4v) is 2.49. The molecular formula is C16H18N2O3. The van der Waals surface area contributed by atoms with Crippen LogP contribution in [0.15, 0.2) is 47.1 Å². The lowest BCUT2D eigenvalue weighted by Gasteiger charge is -2.16. The molecule has 0 saturated heterocycles. The second-order valence-corrected chi connectivity index (χ2v) is 5.20. The number of furan rings is 1. The van der Waals surface area contributed by atoms with E-state index in [9.17, 15) is 4.79 Å². The first-order chi connectivity index (χ1) is 10.2. The smallest absolute Gasteiger partial charge is 0.315 e. The normalized spacial score (nSPS) is 17.7. The Kier molecular flexibility index (Phi) is 3.81. The molecule has 1 aliphatic rings. The quantitative estimate of drug-likeness (QED) is 0.908. The first kappa shape index (κ1) is 13.5. The van der Waals surface area contributed by atoms with Gasteiger partial charge in [-0.3, -0.25) is 0 Å². The van der Waals surface area contributed by atoms with Gasteiger partial charge in [0.05, 0.1) is 12.3 Å². The number of benzene rings is 1. The van der Waals surface area contributed by atoms with Gasteiger partial charge in [-0.15, -0.1) is 0 Å². The zero-order chi connectivity index (χ0) is 14.7. The van der Waals surface area contributed by atoms with Gasteiger partial charge in [0, 0.05) is 18.0 Å². The highest BCUT2D eigenvalue weighted by Gasteiger charge is 2.25. The van der Waals surface area contributed by atoms with E-state index in [2.05, 4.69) is 10.6 Å². The number of carbonyl (C=O) groups is 1. The maximum Gasteiger partial charge on any atom is 0.315 e. The monoisotopic (exact) mass is 286 g/mol. The van der Waals surface area contributed by atoms with Crippen molar-refractivity contribution in [1.29, 1.82) is 0 Å². The molecule has 2 amide bonds. The van der Waals surface area contributed by atoms with Gasteiger partial charge in [-0.2, -0.15) is 0 Å². The molecule has 3 rings (SSSR count). The van der Waals surface area contributed by atoms with Gasteiger partial charge >= 0.3 is 6.03 Å². The predicted octanol–water partition coefficient (Wildman–Crippen LogP) is 2.64. The number of rotatable bonds is 4. The fourth-order valence-electron chi connectivity index (χ4n) is 2.49. The molecule has 0 saturated carbocycles. The van der Waals surface area contributed by atoms with E-state index in [1.54, 1.807) is 6.26 Å². The van der Waals surface area contributed by atoms with Crippen LogP contribution < -0.4 is 15.4 Å². The summed E-state index contributed by atoms with van der Waals surface area (Å²) in [7, 11) is 0. The van der Waals surface area contributed by atoms with E-state index in [1.165, 1.54) is 0 Å². The summed E-state index contributed by atoms with van der Waals surface area (Å²) >= 11 is 0. The van der Waals surface area contributed by atoms with Gasteiger partial charge in [0.15, 0.2) is 0 Å². The van der Waals surface area contributed by atoms with Crippen molar-refractivity contribution < 1.29 is 13.9 Å². The number of ether oxygens (including phenoxy) is 1. The van der Waals surface area contributed by atoms with E-state index in [4.69, 9.17) is 9.15 Å². The number of fused-ring (bicyclic) bond motifs is 1. The van der Waals surface area contributed by atoms with Gasteiger partial charge in [0.1, 0.15) is 18.1 Å². The topological polar surface area (TPSA) is 63.5 Å². The van der Waals surface area contributed by atoms with Crippen molar-refractivity contribution in [3.05, 3.63) is 54.0 Å². The van der Waals surface area contributed by atoms with Crippen molar-refractivity contribution in [3.8, 4) is 5.75 Å². The number of hydrogen-bond donors (Lipinski definition) is 2. The van der Waals surface area contributed by atoms with Gasteiger partial charge in [-0.1, -0.05) is 18.2 Å². The minimum Gasteiger partial charge on any atom is -0.491 e. The maximum atomic E-state index is 12.0. The Hall–Kier alpha value is -2.43. The molecule has 5 nitrogen and oxygen atoms in total. The lowest BCUT2D eigenvalue weighted by molar-refractivity contribution is 0.228. The molecule has 0 aliphatic carbocycles. The van der Waals surface area contributed by atoms with E-state index < -0.39 is 0 Å². The van der Waals surface area contributed by atoms with Gasteiger partial charge in [0.2, 0.25) is 0 Å². The summed E-state index contributed by atoms with van der Waals surface area (Å²) in [5, 5.41) is 5.85. The number of para-hydroxylation sites is 1. The molecule has 0 bridgehead atoms. The Balaban J connectivity index is 1.53. The molecule has 0 spiro atoms. The third kappa shape index (κ3) is 3.18. The number of carbonyl (C=O) groups excluding carboxylic acids is 1. The highest BCUT2D eigenvalue weighted by molar-refractivity contribution is 5.75. The molecule has 21 heavy (non-hydrogen) atoms.